The third-order valence-electron chi connectivity index (χ3n) is 3.45. The highest BCUT2D eigenvalue weighted by Crippen LogP contribution is 2.27. The lowest BCUT2D eigenvalue weighted by Gasteiger charge is -2.21. The topological polar surface area (TPSA) is 29.3 Å². The zero-order chi connectivity index (χ0) is 12.3. The fourth-order valence-electron chi connectivity index (χ4n) is 2.49. The van der Waals surface area contributed by atoms with Crippen molar-refractivity contribution in [3.63, 3.8) is 0 Å². The molecule has 1 aromatic carbocycles. The first-order valence-corrected chi connectivity index (χ1v) is 7.23. The highest BCUT2D eigenvalue weighted by molar-refractivity contribution is 9.10. The van der Waals surface area contributed by atoms with E-state index in [1.54, 1.807) is 0 Å². The summed E-state index contributed by atoms with van der Waals surface area (Å²) in [6.07, 6.45) is 5.41. The van der Waals surface area contributed by atoms with Gasteiger partial charge in [-0.25, -0.2) is 0 Å². The molecule has 94 valence electrons. The molecule has 17 heavy (non-hydrogen) atoms. The van der Waals surface area contributed by atoms with Crippen LogP contribution in [0.25, 0.3) is 0 Å². The third-order valence-corrected chi connectivity index (χ3v) is 4.11. The molecule has 3 heteroatoms. The van der Waals surface area contributed by atoms with E-state index < -0.39 is 0 Å². The molecule has 0 spiro atoms. The van der Waals surface area contributed by atoms with Gasteiger partial charge in [0.15, 0.2) is 0 Å². The number of anilines is 1. The minimum Gasteiger partial charge on any atom is -0.398 e. The monoisotopic (exact) mass is 296 g/mol. The Morgan fingerprint density at radius 1 is 1.18 bits per heavy atom. The van der Waals surface area contributed by atoms with Gasteiger partial charge >= 0.3 is 0 Å². The summed E-state index contributed by atoms with van der Waals surface area (Å²) in [7, 11) is 0. The van der Waals surface area contributed by atoms with E-state index in [1.807, 2.05) is 0 Å². The van der Waals surface area contributed by atoms with Crippen LogP contribution in [0.5, 0.6) is 0 Å². The summed E-state index contributed by atoms with van der Waals surface area (Å²) in [4.78, 5) is 2.53. The standard InChI is InChI=1S/C14H21BrN2/c1-11-8-12(14(16)13(15)9-11)10-17-6-4-2-3-5-7-17/h8-9H,2-7,10,16H2,1H3. The van der Waals surface area contributed by atoms with Crippen molar-refractivity contribution in [1.82, 2.24) is 4.90 Å². The number of rotatable bonds is 2. The summed E-state index contributed by atoms with van der Waals surface area (Å²) in [6, 6.07) is 4.30. The second-order valence-corrected chi connectivity index (χ2v) is 5.86. The van der Waals surface area contributed by atoms with E-state index in [4.69, 9.17) is 5.73 Å². The summed E-state index contributed by atoms with van der Waals surface area (Å²) in [6.45, 7) is 5.54. The average Bonchev–Trinajstić information content (AvgIpc) is 2.54. The SMILES string of the molecule is Cc1cc(Br)c(N)c(CN2CCCCCC2)c1. The van der Waals surface area contributed by atoms with Gasteiger partial charge in [-0.3, -0.25) is 4.90 Å². The molecule has 1 aliphatic rings. The molecule has 2 N–H and O–H groups in total. The molecule has 1 heterocycles. The number of nitrogens with two attached hydrogens (primary N) is 1. The smallest absolute Gasteiger partial charge is 0.0504 e. The molecule has 0 bridgehead atoms. The van der Waals surface area contributed by atoms with Gasteiger partial charge in [-0.2, -0.15) is 0 Å². The summed E-state index contributed by atoms with van der Waals surface area (Å²) in [5.41, 5.74) is 9.57. The molecule has 0 aromatic heterocycles. The van der Waals surface area contributed by atoms with E-state index in [-0.39, 0.29) is 0 Å². The van der Waals surface area contributed by atoms with E-state index in [2.05, 4.69) is 39.9 Å². The van der Waals surface area contributed by atoms with Gasteiger partial charge in [-0.05, 0) is 66.0 Å². The maximum Gasteiger partial charge on any atom is 0.0504 e. The van der Waals surface area contributed by atoms with Crippen molar-refractivity contribution in [3.8, 4) is 0 Å². The highest BCUT2D eigenvalue weighted by Gasteiger charge is 2.12. The quantitative estimate of drug-likeness (QED) is 0.843. The molecule has 0 unspecified atom stereocenters. The molecule has 1 aromatic rings. The Morgan fingerprint density at radius 3 is 2.47 bits per heavy atom. The average molecular weight is 297 g/mol. The molecule has 1 saturated heterocycles. The maximum absolute atomic E-state index is 6.13. The number of likely N-dealkylation sites (tertiary alicyclic amines) is 1. The molecule has 2 rings (SSSR count). The van der Waals surface area contributed by atoms with Crippen LogP contribution < -0.4 is 5.73 Å². The van der Waals surface area contributed by atoms with Crippen molar-refractivity contribution in [2.45, 2.75) is 39.2 Å². The number of nitrogen functional groups attached to an aromatic ring is 1. The number of benzene rings is 1. The maximum atomic E-state index is 6.13. The van der Waals surface area contributed by atoms with Gasteiger partial charge in [0.05, 0.1) is 5.69 Å². The number of hydrogen-bond acceptors (Lipinski definition) is 2. The molecule has 0 atom stereocenters. The van der Waals surface area contributed by atoms with Crippen LogP contribution in [0.1, 0.15) is 36.8 Å². The van der Waals surface area contributed by atoms with Crippen molar-refractivity contribution in [2.24, 2.45) is 0 Å². The predicted molar refractivity (Wildman–Crippen MR) is 77.0 cm³/mol. The van der Waals surface area contributed by atoms with Gasteiger partial charge in [0, 0.05) is 11.0 Å². The van der Waals surface area contributed by atoms with Crippen LogP contribution in [0.4, 0.5) is 5.69 Å². The molecule has 1 aliphatic heterocycles. The molecule has 0 amide bonds. The van der Waals surface area contributed by atoms with E-state index in [0.717, 1.165) is 16.7 Å². The normalized spacial score (nSPS) is 18.0. The Balaban J connectivity index is 2.11. The van der Waals surface area contributed by atoms with Crippen LogP contribution in [-0.2, 0) is 6.54 Å². The lowest BCUT2D eigenvalue weighted by atomic mass is 10.1. The zero-order valence-corrected chi connectivity index (χ0v) is 12.1. The first kappa shape index (κ1) is 12.9. The number of hydrogen-bond donors (Lipinski definition) is 1. The van der Waals surface area contributed by atoms with Gasteiger partial charge in [-0.15, -0.1) is 0 Å². The van der Waals surface area contributed by atoms with Crippen LogP contribution in [0.15, 0.2) is 16.6 Å². The summed E-state index contributed by atoms with van der Waals surface area (Å²) in [5.74, 6) is 0. The molecule has 0 aliphatic carbocycles. The lowest BCUT2D eigenvalue weighted by molar-refractivity contribution is 0.277. The third kappa shape index (κ3) is 3.46. The second-order valence-electron chi connectivity index (χ2n) is 5.01. The van der Waals surface area contributed by atoms with Crippen LogP contribution in [-0.4, -0.2) is 18.0 Å². The minimum absolute atomic E-state index is 0.903. The molecule has 2 nitrogen and oxygen atoms in total. The minimum atomic E-state index is 0.903. The van der Waals surface area contributed by atoms with Gasteiger partial charge in [0.1, 0.15) is 0 Å². The van der Waals surface area contributed by atoms with Crippen molar-refractivity contribution in [1.29, 1.82) is 0 Å². The van der Waals surface area contributed by atoms with Crippen molar-refractivity contribution in [2.75, 3.05) is 18.8 Å². The van der Waals surface area contributed by atoms with E-state index >= 15 is 0 Å². The summed E-state index contributed by atoms with van der Waals surface area (Å²) < 4.78 is 1.03. The Bertz CT molecular complexity index is 382. The van der Waals surface area contributed by atoms with E-state index in [1.165, 1.54) is 49.9 Å². The fraction of sp³-hybridized carbons (Fsp3) is 0.571. The molecular weight excluding hydrogens is 276 g/mol. The zero-order valence-electron chi connectivity index (χ0n) is 10.5. The first-order chi connectivity index (χ1) is 8.16. The Morgan fingerprint density at radius 2 is 1.82 bits per heavy atom. The van der Waals surface area contributed by atoms with Crippen molar-refractivity contribution >= 4 is 21.6 Å². The number of aryl methyl sites for hydroxylation is 1. The van der Waals surface area contributed by atoms with Gasteiger partial charge in [0.2, 0.25) is 0 Å². The van der Waals surface area contributed by atoms with Crippen molar-refractivity contribution in [3.05, 3.63) is 27.7 Å². The van der Waals surface area contributed by atoms with E-state index in [0.29, 0.717) is 0 Å². The van der Waals surface area contributed by atoms with Gasteiger partial charge < -0.3 is 5.73 Å². The lowest BCUT2D eigenvalue weighted by Crippen LogP contribution is -2.24. The van der Waals surface area contributed by atoms with Crippen LogP contribution in [0, 0.1) is 6.92 Å². The first-order valence-electron chi connectivity index (χ1n) is 6.43. The molecular formula is C14H21BrN2. The van der Waals surface area contributed by atoms with Crippen LogP contribution in [0.3, 0.4) is 0 Å². The number of halogens is 1. The Labute approximate surface area is 112 Å². The summed E-state index contributed by atoms with van der Waals surface area (Å²) >= 11 is 3.53. The van der Waals surface area contributed by atoms with Crippen LogP contribution >= 0.6 is 15.9 Å². The predicted octanol–water partition coefficient (Wildman–Crippen LogP) is 3.72. The number of nitrogens with zero attached hydrogens (tertiary/aromatic N) is 1. The highest BCUT2D eigenvalue weighted by atomic mass is 79.9. The Kier molecular flexibility index (Phi) is 4.46. The summed E-state index contributed by atoms with van der Waals surface area (Å²) in [5, 5.41) is 0. The van der Waals surface area contributed by atoms with Gasteiger partial charge in [0.25, 0.3) is 0 Å². The van der Waals surface area contributed by atoms with Crippen molar-refractivity contribution < 1.29 is 0 Å². The second kappa shape index (κ2) is 5.87. The molecule has 0 radical (unpaired) electrons. The Hall–Kier alpha value is -0.540. The van der Waals surface area contributed by atoms with Gasteiger partial charge in [-0.1, -0.05) is 18.9 Å². The largest absolute Gasteiger partial charge is 0.398 e. The van der Waals surface area contributed by atoms with E-state index in [9.17, 15) is 0 Å². The van der Waals surface area contributed by atoms with Crippen LogP contribution in [0.2, 0.25) is 0 Å². The molecule has 1 fully saturated rings. The fourth-order valence-corrected chi connectivity index (χ4v) is 3.11. The molecule has 0 saturated carbocycles.